The average Bonchev–Trinajstić information content (AvgIpc) is 3.24. The van der Waals surface area contributed by atoms with Crippen molar-refractivity contribution in [3.05, 3.63) is 70.3 Å². The number of aryl methyl sites for hydroxylation is 2. The summed E-state index contributed by atoms with van der Waals surface area (Å²) in [5.41, 5.74) is 2.80. The number of halogens is 1. The van der Waals surface area contributed by atoms with Gasteiger partial charge in [-0.25, -0.2) is 9.78 Å². The molecule has 0 aliphatic carbocycles. The van der Waals surface area contributed by atoms with Crippen LogP contribution in [-0.2, 0) is 20.7 Å². The van der Waals surface area contributed by atoms with Crippen LogP contribution in [0.4, 0.5) is 0 Å². The molecule has 0 aliphatic heterocycles. The van der Waals surface area contributed by atoms with Gasteiger partial charge in [-0.1, -0.05) is 11.6 Å². The molecular weight excluding hydrogens is 354 g/mol. The van der Waals surface area contributed by atoms with Crippen LogP contribution in [-0.4, -0.2) is 23.7 Å². The average molecular weight is 370 g/mol. The summed E-state index contributed by atoms with van der Waals surface area (Å²) in [4.78, 5) is 17.0. The van der Waals surface area contributed by atoms with Gasteiger partial charge in [-0.05, 0) is 24.3 Å². The van der Waals surface area contributed by atoms with Crippen LogP contribution in [0.25, 0.3) is 16.8 Å². The SMILES string of the molecule is Cn1cc(-c2cn(C)c(=O)n3cc(COc4ccc(Cl)cc4)nc23)cn1. The Morgan fingerprint density at radius 3 is 2.58 bits per heavy atom. The fraction of sp³-hybridized carbons (Fsp3) is 0.167. The predicted molar refractivity (Wildman–Crippen MR) is 98.4 cm³/mol. The zero-order chi connectivity index (χ0) is 18.3. The van der Waals surface area contributed by atoms with Gasteiger partial charge >= 0.3 is 5.69 Å². The first kappa shape index (κ1) is 16.4. The van der Waals surface area contributed by atoms with Gasteiger partial charge in [0.2, 0.25) is 0 Å². The van der Waals surface area contributed by atoms with Gasteiger partial charge in [0.15, 0.2) is 5.65 Å². The highest BCUT2D eigenvalue weighted by atomic mass is 35.5. The lowest BCUT2D eigenvalue weighted by atomic mass is 10.2. The molecule has 1 aromatic carbocycles. The Kier molecular flexibility index (Phi) is 4.00. The highest BCUT2D eigenvalue weighted by Gasteiger charge is 2.14. The minimum atomic E-state index is -0.169. The van der Waals surface area contributed by atoms with E-state index in [-0.39, 0.29) is 12.3 Å². The molecule has 3 heterocycles. The van der Waals surface area contributed by atoms with E-state index in [1.54, 1.807) is 54.6 Å². The van der Waals surface area contributed by atoms with Gasteiger partial charge in [0, 0.05) is 48.8 Å². The standard InChI is InChI=1S/C18H16ClN5O2/c1-22-10-16(12-7-20-23(2)8-12)17-21-14(9-24(17)18(22)25)11-26-15-5-3-13(19)4-6-15/h3-10H,11H2,1-2H3. The van der Waals surface area contributed by atoms with Crippen LogP contribution in [0.3, 0.4) is 0 Å². The maximum Gasteiger partial charge on any atom is 0.333 e. The Morgan fingerprint density at radius 2 is 1.88 bits per heavy atom. The third kappa shape index (κ3) is 2.97. The van der Waals surface area contributed by atoms with E-state index < -0.39 is 0 Å². The van der Waals surface area contributed by atoms with E-state index >= 15 is 0 Å². The highest BCUT2D eigenvalue weighted by molar-refractivity contribution is 6.30. The molecule has 3 aromatic heterocycles. The minimum absolute atomic E-state index is 0.169. The molecule has 0 aliphatic rings. The smallest absolute Gasteiger partial charge is 0.333 e. The summed E-state index contributed by atoms with van der Waals surface area (Å²) in [6.07, 6.45) is 7.11. The molecule has 0 atom stereocenters. The maximum absolute atomic E-state index is 12.5. The first-order chi connectivity index (χ1) is 12.5. The van der Waals surface area contributed by atoms with Crippen molar-refractivity contribution in [3.63, 3.8) is 0 Å². The second-order valence-corrected chi connectivity index (χ2v) is 6.44. The third-order valence-electron chi connectivity index (χ3n) is 4.04. The summed E-state index contributed by atoms with van der Waals surface area (Å²) in [5.74, 6) is 0.687. The molecule has 4 aromatic rings. The summed E-state index contributed by atoms with van der Waals surface area (Å²) in [5, 5.41) is 4.85. The summed E-state index contributed by atoms with van der Waals surface area (Å²) >= 11 is 5.88. The molecule has 8 heteroatoms. The lowest BCUT2D eigenvalue weighted by Gasteiger charge is -2.04. The van der Waals surface area contributed by atoms with Gasteiger partial charge < -0.3 is 9.30 Å². The lowest BCUT2D eigenvalue weighted by Crippen LogP contribution is -2.23. The largest absolute Gasteiger partial charge is 0.487 e. The summed E-state index contributed by atoms with van der Waals surface area (Å²) in [7, 11) is 3.56. The van der Waals surface area contributed by atoms with Crippen molar-refractivity contribution in [1.82, 2.24) is 23.7 Å². The summed E-state index contributed by atoms with van der Waals surface area (Å²) in [6.45, 7) is 0.249. The lowest BCUT2D eigenvalue weighted by molar-refractivity contribution is 0.302. The summed E-state index contributed by atoms with van der Waals surface area (Å²) in [6, 6.07) is 7.10. The molecule has 0 amide bonds. The third-order valence-corrected chi connectivity index (χ3v) is 4.30. The molecule has 0 saturated carbocycles. The van der Waals surface area contributed by atoms with Crippen LogP contribution in [0.2, 0.25) is 5.02 Å². The Labute approximate surface area is 154 Å². The fourth-order valence-corrected chi connectivity index (χ4v) is 2.89. The van der Waals surface area contributed by atoms with Crippen LogP contribution in [0.5, 0.6) is 5.75 Å². The Morgan fingerprint density at radius 1 is 1.12 bits per heavy atom. The Balaban J connectivity index is 1.72. The Bertz CT molecular complexity index is 1140. The Hall–Kier alpha value is -3.06. The number of benzene rings is 1. The van der Waals surface area contributed by atoms with Gasteiger partial charge in [0.25, 0.3) is 0 Å². The van der Waals surface area contributed by atoms with Crippen molar-refractivity contribution < 1.29 is 4.74 Å². The molecule has 4 rings (SSSR count). The molecular formula is C18H16ClN5O2. The van der Waals surface area contributed by atoms with Crippen molar-refractivity contribution in [2.75, 3.05) is 0 Å². The quantitative estimate of drug-likeness (QED) is 0.554. The van der Waals surface area contributed by atoms with Crippen molar-refractivity contribution >= 4 is 17.2 Å². The number of nitrogens with zero attached hydrogens (tertiary/aromatic N) is 5. The van der Waals surface area contributed by atoms with Gasteiger partial charge in [-0.15, -0.1) is 0 Å². The molecule has 0 unspecified atom stereocenters. The van der Waals surface area contributed by atoms with E-state index in [1.807, 2.05) is 13.2 Å². The summed E-state index contributed by atoms with van der Waals surface area (Å²) < 4.78 is 10.5. The van der Waals surface area contributed by atoms with E-state index in [4.69, 9.17) is 16.3 Å². The molecule has 26 heavy (non-hydrogen) atoms. The molecule has 0 spiro atoms. The van der Waals surface area contributed by atoms with Crippen molar-refractivity contribution in [3.8, 4) is 16.9 Å². The van der Waals surface area contributed by atoms with Gasteiger partial charge in [0.1, 0.15) is 12.4 Å². The maximum atomic E-state index is 12.5. The molecule has 7 nitrogen and oxygen atoms in total. The molecule has 132 valence electrons. The van der Waals surface area contributed by atoms with E-state index in [0.29, 0.717) is 22.1 Å². The van der Waals surface area contributed by atoms with E-state index in [0.717, 1.165) is 11.1 Å². The van der Waals surface area contributed by atoms with Crippen LogP contribution in [0, 0.1) is 0 Å². The van der Waals surface area contributed by atoms with Crippen molar-refractivity contribution in [1.29, 1.82) is 0 Å². The van der Waals surface area contributed by atoms with Crippen molar-refractivity contribution in [2.45, 2.75) is 6.61 Å². The zero-order valence-corrected chi connectivity index (χ0v) is 15.0. The number of imidazole rings is 1. The molecule has 0 radical (unpaired) electrons. The molecule has 0 bridgehead atoms. The van der Waals surface area contributed by atoms with E-state index in [9.17, 15) is 4.79 Å². The predicted octanol–water partition coefficient (Wildman–Crippen LogP) is 2.67. The topological polar surface area (TPSA) is 66.3 Å². The normalized spacial score (nSPS) is 11.2. The van der Waals surface area contributed by atoms with Crippen LogP contribution < -0.4 is 10.4 Å². The van der Waals surface area contributed by atoms with Crippen LogP contribution >= 0.6 is 11.6 Å². The first-order valence-corrected chi connectivity index (χ1v) is 8.34. The first-order valence-electron chi connectivity index (χ1n) is 7.96. The monoisotopic (exact) mass is 369 g/mol. The highest BCUT2D eigenvalue weighted by Crippen LogP contribution is 2.23. The fourth-order valence-electron chi connectivity index (χ4n) is 2.76. The number of rotatable bonds is 4. The van der Waals surface area contributed by atoms with Crippen LogP contribution in [0.15, 0.2) is 53.8 Å². The molecule has 0 fully saturated rings. The van der Waals surface area contributed by atoms with E-state index in [1.165, 1.54) is 8.97 Å². The number of ether oxygens (including phenoxy) is 1. The molecule has 0 N–H and O–H groups in total. The number of aromatic nitrogens is 5. The van der Waals surface area contributed by atoms with Gasteiger partial charge in [-0.2, -0.15) is 5.10 Å². The van der Waals surface area contributed by atoms with E-state index in [2.05, 4.69) is 10.1 Å². The van der Waals surface area contributed by atoms with Gasteiger partial charge in [-0.3, -0.25) is 9.08 Å². The number of hydrogen-bond donors (Lipinski definition) is 0. The van der Waals surface area contributed by atoms with Gasteiger partial charge in [0.05, 0.1) is 11.9 Å². The zero-order valence-electron chi connectivity index (χ0n) is 14.3. The second-order valence-electron chi connectivity index (χ2n) is 6.01. The number of fused-ring (bicyclic) bond motifs is 1. The second kappa shape index (κ2) is 6.34. The minimum Gasteiger partial charge on any atom is -0.487 e. The van der Waals surface area contributed by atoms with Crippen LogP contribution in [0.1, 0.15) is 5.69 Å². The molecule has 0 saturated heterocycles. The van der Waals surface area contributed by atoms with Crippen molar-refractivity contribution in [2.24, 2.45) is 14.1 Å². The number of hydrogen-bond acceptors (Lipinski definition) is 4.